The lowest BCUT2D eigenvalue weighted by Gasteiger charge is -2.14. The topological polar surface area (TPSA) is 84.4 Å². The molecule has 5 rings (SSSR count). The van der Waals surface area contributed by atoms with E-state index < -0.39 is 0 Å². The molecular formula is C31H32N4O3. The van der Waals surface area contributed by atoms with Gasteiger partial charge >= 0.3 is 0 Å². The van der Waals surface area contributed by atoms with Crippen LogP contribution in [0.5, 0.6) is 17.2 Å². The van der Waals surface area contributed by atoms with E-state index in [9.17, 15) is 0 Å². The van der Waals surface area contributed by atoms with Crippen LogP contribution < -0.4 is 19.9 Å². The highest BCUT2D eigenvalue weighted by molar-refractivity contribution is 5.84. The molecule has 2 N–H and O–H groups in total. The standard InChI is InChI=1S/C31H32N4O3/c1-20(2)26-12-8-24(17-33-26)23-9-13-28-27(16-23)34-31(32)35(28)18-22-7-14-29(30(15-22)37-4)38-19-21-5-10-25(36-3)11-6-21/h5-17,20H,18-19H2,1-4H3,(H2,32,34). The number of fused-ring (bicyclic) bond motifs is 1. The lowest BCUT2D eigenvalue weighted by Crippen LogP contribution is -2.05. The number of nitrogens with zero attached hydrogens (tertiary/aromatic N) is 3. The minimum Gasteiger partial charge on any atom is -0.497 e. The molecule has 3 aromatic carbocycles. The number of rotatable bonds is 9. The zero-order valence-corrected chi connectivity index (χ0v) is 22.1. The zero-order valence-electron chi connectivity index (χ0n) is 22.1. The van der Waals surface area contributed by atoms with Gasteiger partial charge in [0.1, 0.15) is 12.4 Å². The predicted molar refractivity (Wildman–Crippen MR) is 151 cm³/mol. The molecule has 0 radical (unpaired) electrons. The molecule has 0 unspecified atom stereocenters. The molecule has 0 aliphatic heterocycles. The first-order chi connectivity index (χ1) is 18.4. The first-order valence-electron chi connectivity index (χ1n) is 12.6. The molecule has 7 heteroatoms. The number of hydrogen-bond donors (Lipinski definition) is 1. The summed E-state index contributed by atoms with van der Waals surface area (Å²) in [6.07, 6.45) is 1.92. The van der Waals surface area contributed by atoms with Crippen LogP contribution in [0.2, 0.25) is 0 Å². The summed E-state index contributed by atoms with van der Waals surface area (Å²) in [7, 11) is 3.30. The van der Waals surface area contributed by atoms with E-state index in [1.807, 2.05) is 53.2 Å². The molecule has 0 spiro atoms. The van der Waals surface area contributed by atoms with Gasteiger partial charge in [-0.05, 0) is 65.1 Å². The van der Waals surface area contributed by atoms with Gasteiger partial charge in [-0.25, -0.2) is 4.98 Å². The van der Waals surface area contributed by atoms with Crippen LogP contribution in [0.25, 0.3) is 22.2 Å². The molecule has 2 heterocycles. The van der Waals surface area contributed by atoms with Gasteiger partial charge in [0.15, 0.2) is 11.5 Å². The Morgan fingerprint density at radius 2 is 1.58 bits per heavy atom. The summed E-state index contributed by atoms with van der Waals surface area (Å²) >= 11 is 0. The van der Waals surface area contributed by atoms with Crippen molar-refractivity contribution in [2.45, 2.75) is 32.9 Å². The molecule has 0 aliphatic rings. The molecule has 0 fully saturated rings. The summed E-state index contributed by atoms with van der Waals surface area (Å²) in [4.78, 5) is 9.23. The number of imidazole rings is 1. The lowest BCUT2D eigenvalue weighted by atomic mass is 10.0. The van der Waals surface area contributed by atoms with E-state index in [-0.39, 0.29) is 0 Å². The van der Waals surface area contributed by atoms with E-state index in [1.165, 1.54) is 0 Å². The molecule has 0 atom stereocenters. The van der Waals surface area contributed by atoms with Crippen molar-refractivity contribution in [3.63, 3.8) is 0 Å². The Balaban J connectivity index is 1.34. The fourth-order valence-electron chi connectivity index (χ4n) is 4.41. The van der Waals surface area contributed by atoms with Crippen LogP contribution in [0.4, 0.5) is 5.95 Å². The molecule has 0 bridgehead atoms. The third-order valence-electron chi connectivity index (χ3n) is 6.61. The molecule has 0 saturated heterocycles. The predicted octanol–water partition coefficient (Wildman–Crippen LogP) is 6.45. The highest BCUT2D eigenvalue weighted by Gasteiger charge is 2.13. The third kappa shape index (κ3) is 5.27. The molecule has 194 valence electrons. The van der Waals surface area contributed by atoms with E-state index in [1.54, 1.807) is 14.2 Å². The van der Waals surface area contributed by atoms with Crippen molar-refractivity contribution >= 4 is 17.0 Å². The molecule has 7 nitrogen and oxygen atoms in total. The lowest BCUT2D eigenvalue weighted by molar-refractivity contribution is 0.284. The van der Waals surface area contributed by atoms with Gasteiger partial charge in [0.05, 0.1) is 31.8 Å². The van der Waals surface area contributed by atoms with Crippen LogP contribution in [0, 0.1) is 0 Å². The van der Waals surface area contributed by atoms with Crippen LogP contribution in [-0.2, 0) is 13.2 Å². The SMILES string of the molecule is COc1ccc(COc2ccc(Cn3c(N)nc4cc(-c5ccc(C(C)C)nc5)ccc43)cc2OC)cc1. The van der Waals surface area contributed by atoms with Crippen molar-refractivity contribution in [2.24, 2.45) is 0 Å². The number of pyridine rings is 1. The summed E-state index contributed by atoms with van der Waals surface area (Å²) in [6.45, 7) is 5.27. The van der Waals surface area contributed by atoms with Crippen molar-refractivity contribution in [1.82, 2.24) is 14.5 Å². The van der Waals surface area contributed by atoms with Gasteiger partial charge in [0.25, 0.3) is 0 Å². The molecule has 0 saturated carbocycles. The Hall–Kier alpha value is -4.52. The smallest absolute Gasteiger partial charge is 0.201 e. The maximum Gasteiger partial charge on any atom is 0.201 e. The number of anilines is 1. The number of nitrogens with two attached hydrogens (primary N) is 1. The minimum absolute atomic E-state index is 0.398. The quantitative estimate of drug-likeness (QED) is 0.246. The monoisotopic (exact) mass is 508 g/mol. The number of benzene rings is 3. The minimum atomic E-state index is 0.398. The molecule has 0 aliphatic carbocycles. The van der Waals surface area contributed by atoms with E-state index in [0.717, 1.165) is 44.7 Å². The zero-order chi connectivity index (χ0) is 26.6. The molecule has 5 aromatic rings. The fraction of sp³-hybridized carbons (Fsp3) is 0.226. The molecule has 2 aromatic heterocycles. The van der Waals surface area contributed by atoms with Crippen molar-refractivity contribution < 1.29 is 14.2 Å². The Morgan fingerprint density at radius 3 is 2.26 bits per heavy atom. The van der Waals surface area contributed by atoms with Gasteiger partial charge in [-0.15, -0.1) is 0 Å². The highest BCUT2D eigenvalue weighted by atomic mass is 16.5. The number of ether oxygens (including phenoxy) is 3. The Morgan fingerprint density at radius 1 is 0.816 bits per heavy atom. The second-order valence-electron chi connectivity index (χ2n) is 9.51. The van der Waals surface area contributed by atoms with E-state index in [2.05, 4.69) is 54.1 Å². The van der Waals surface area contributed by atoms with Crippen LogP contribution in [0.15, 0.2) is 79.0 Å². The van der Waals surface area contributed by atoms with E-state index >= 15 is 0 Å². The van der Waals surface area contributed by atoms with Gasteiger partial charge in [0.2, 0.25) is 5.95 Å². The van der Waals surface area contributed by atoms with Gasteiger partial charge < -0.3 is 24.5 Å². The maximum absolute atomic E-state index is 6.35. The summed E-state index contributed by atoms with van der Waals surface area (Å²) < 4.78 is 18.9. The summed E-state index contributed by atoms with van der Waals surface area (Å²) in [5.41, 5.74) is 13.4. The van der Waals surface area contributed by atoms with Gasteiger partial charge in [-0.1, -0.05) is 44.2 Å². The number of methoxy groups -OCH3 is 2. The maximum atomic E-state index is 6.35. The second kappa shape index (κ2) is 10.8. The number of hydrogen-bond acceptors (Lipinski definition) is 6. The van der Waals surface area contributed by atoms with Crippen molar-refractivity contribution in [2.75, 3.05) is 20.0 Å². The van der Waals surface area contributed by atoms with Crippen molar-refractivity contribution in [3.05, 3.63) is 95.8 Å². The largest absolute Gasteiger partial charge is 0.497 e. The molecule has 0 amide bonds. The highest BCUT2D eigenvalue weighted by Crippen LogP contribution is 2.31. The number of nitrogen functional groups attached to an aromatic ring is 1. The average Bonchev–Trinajstić information content (AvgIpc) is 3.26. The normalized spacial score (nSPS) is 11.2. The Labute approximate surface area is 222 Å². The fourth-order valence-corrected chi connectivity index (χ4v) is 4.41. The Bertz CT molecular complexity index is 1540. The van der Waals surface area contributed by atoms with Crippen LogP contribution in [0.3, 0.4) is 0 Å². The number of aromatic nitrogens is 3. The van der Waals surface area contributed by atoms with E-state index in [4.69, 9.17) is 19.9 Å². The first kappa shape index (κ1) is 25.1. The second-order valence-corrected chi connectivity index (χ2v) is 9.51. The Kier molecular flexibility index (Phi) is 7.18. The first-order valence-corrected chi connectivity index (χ1v) is 12.6. The molecule has 38 heavy (non-hydrogen) atoms. The van der Waals surface area contributed by atoms with E-state index in [0.29, 0.717) is 36.5 Å². The summed E-state index contributed by atoms with van der Waals surface area (Å²) in [5, 5.41) is 0. The van der Waals surface area contributed by atoms with Crippen LogP contribution in [0.1, 0.15) is 36.6 Å². The van der Waals surface area contributed by atoms with Gasteiger partial charge in [-0.3, -0.25) is 4.98 Å². The van der Waals surface area contributed by atoms with Crippen molar-refractivity contribution in [3.8, 4) is 28.4 Å². The van der Waals surface area contributed by atoms with Crippen LogP contribution >= 0.6 is 0 Å². The van der Waals surface area contributed by atoms with Crippen LogP contribution in [-0.4, -0.2) is 28.8 Å². The summed E-state index contributed by atoms with van der Waals surface area (Å²) in [6, 6.07) is 24.1. The molecular weight excluding hydrogens is 476 g/mol. The average molecular weight is 509 g/mol. The van der Waals surface area contributed by atoms with Gasteiger partial charge in [-0.2, -0.15) is 0 Å². The summed E-state index contributed by atoms with van der Waals surface area (Å²) in [5.74, 6) is 3.02. The van der Waals surface area contributed by atoms with Crippen molar-refractivity contribution in [1.29, 1.82) is 0 Å². The van der Waals surface area contributed by atoms with Gasteiger partial charge in [0, 0.05) is 17.5 Å². The third-order valence-corrected chi connectivity index (χ3v) is 6.61.